The Labute approximate surface area is 175 Å². The molecule has 158 valence electrons. The van der Waals surface area contributed by atoms with Gasteiger partial charge in [-0.25, -0.2) is 13.9 Å². The Morgan fingerprint density at radius 2 is 1.97 bits per heavy atom. The van der Waals surface area contributed by atoms with Gasteiger partial charge in [-0.2, -0.15) is 5.10 Å². The third kappa shape index (κ3) is 3.69. The number of morpholine rings is 1. The molecule has 6 nitrogen and oxygen atoms in total. The Bertz CT molecular complexity index is 1090. The van der Waals surface area contributed by atoms with Gasteiger partial charge in [0.25, 0.3) is 5.91 Å². The highest BCUT2D eigenvalue weighted by Crippen LogP contribution is 2.28. The first-order valence-electron chi connectivity index (χ1n) is 10.3. The second-order valence-corrected chi connectivity index (χ2v) is 8.89. The van der Waals surface area contributed by atoms with Gasteiger partial charge in [-0.05, 0) is 57.0 Å². The van der Waals surface area contributed by atoms with Crippen LogP contribution in [0.25, 0.3) is 16.9 Å². The fraction of sp³-hybridized carbons (Fsp3) is 0.435. The molecule has 0 N–H and O–H groups in total. The maximum Gasteiger partial charge on any atom is 0.274 e. The highest BCUT2D eigenvalue weighted by Gasteiger charge is 2.38. The number of benzene rings is 1. The molecule has 7 heteroatoms. The van der Waals surface area contributed by atoms with E-state index in [0.717, 1.165) is 11.1 Å². The average molecular weight is 410 g/mol. The Balaban J connectivity index is 1.78. The molecular weight excluding hydrogens is 383 g/mol. The van der Waals surface area contributed by atoms with Crippen molar-refractivity contribution in [3.63, 3.8) is 0 Å². The standard InChI is InChI=1S/C23H27FN4O2/c1-14(2)18-10-19(16-6-8-17(24)9-7-16)26-28-12-20(25-21(18)28)22(29)27-11-15(3)30-13-23(27,4)5/h6-10,12,14-15H,11,13H2,1-5H3/t15-/m0/s1. The lowest BCUT2D eigenvalue weighted by Gasteiger charge is -2.44. The first-order chi connectivity index (χ1) is 14.2. The minimum Gasteiger partial charge on any atom is -0.374 e. The van der Waals surface area contributed by atoms with E-state index in [1.54, 1.807) is 22.8 Å². The fourth-order valence-electron chi connectivity index (χ4n) is 3.77. The van der Waals surface area contributed by atoms with E-state index in [4.69, 9.17) is 4.74 Å². The molecule has 4 rings (SSSR count). The molecule has 0 unspecified atom stereocenters. The van der Waals surface area contributed by atoms with E-state index in [0.29, 0.717) is 30.2 Å². The van der Waals surface area contributed by atoms with Crippen LogP contribution in [0.2, 0.25) is 0 Å². The number of rotatable bonds is 3. The van der Waals surface area contributed by atoms with Crippen LogP contribution in [-0.4, -0.2) is 50.2 Å². The first kappa shape index (κ1) is 20.5. The van der Waals surface area contributed by atoms with Crippen molar-refractivity contribution in [1.82, 2.24) is 19.5 Å². The number of hydrogen-bond donors (Lipinski definition) is 0. The second kappa shape index (κ2) is 7.47. The van der Waals surface area contributed by atoms with Gasteiger partial charge in [-0.3, -0.25) is 4.79 Å². The van der Waals surface area contributed by atoms with Crippen LogP contribution in [0, 0.1) is 5.82 Å². The van der Waals surface area contributed by atoms with Crippen LogP contribution < -0.4 is 0 Å². The van der Waals surface area contributed by atoms with E-state index in [2.05, 4.69) is 23.9 Å². The Morgan fingerprint density at radius 1 is 1.27 bits per heavy atom. The van der Waals surface area contributed by atoms with Crippen LogP contribution in [0.4, 0.5) is 4.39 Å². The molecule has 3 aromatic rings. The van der Waals surface area contributed by atoms with E-state index < -0.39 is 5.54 Å². The molecule has 2 aromatic heterocycles. The number of aromatic nitrogens is 3. The summed E-state index contributed by atoms with van der Waals surface area (Å²) in [5.74, 6) is -0.236. The summed E-state index contributed by atoms with van der Waals surface area (Å²) in [5.41, 5.74) is 3.12. The van der Waals surface area contributed by atoms with Crippen molar-refractivity contribution in [3.8, 4) is 11.3 Å². The quantitative estimate of drug-likeness (QED) is 0.646. The summed E-state index contributed by atoms with van der Waals surface area (Å²) in [6.07, 6.45) is 1.67. The lowest BCUT2D eigenvalue weighted by atomic mass is 10.0. The number of hydrogen-bond acceptors (Lipinski definition) is 4. The van der Waals surface area contributed by atoms with Crippen molar-refractivity contribution < 1.29 is 13.9 Å². The number of carbonyl (C=O) groups is 1. The predicted octanol–water partition coefficient (Wildman–Crippen LogP) is 4.30. The van der Waals surface area contributed by atoms with Crippen molar-refractivity contribution >= 4 is 11.6 Å². The number of carbonyl (C=O) groups excluding carboxylic acids is 1. The molecule has 0 radical (unpaired) electrons. The molecule has 1 amide bonds. The third-order valence-electron chi connectivity index (χ3n) is 5.57. The molecular formula is C23H27FN4O2. The van der Waals surface area contributed by atoms with Gasteiger partial charge in [0.1, 0.15) is 11.5 Å². The number of fused-ring (bicyclic) bond motifs is 1. The summed E-state index contributed by atoms with van der Waals surface area (Å²) in [7, 11) is 0. The number of ether oxygens (including phenoxy) is 1. The van der Waals surface area contributed by atoms with Crippen LogP contribution in [0.3, 0.4) is 0 Å². The van der Waals surface area contributed by atoms with Crippen molar-refractivity contribution in [2.24, 2.45) is 0 Å². The molecule has 0 bridgehead atoms. The number of amides is 1. The largest absolute Gasteiger partial charge is 0.374 e. The second-order valence-electron chi connectivity index (χ2n) is 8.89. The van der Waals surface area contributed by atoms with Crippen molar-refractivity contribution in [2.45, 2.75) is 52.2 Å². The van der Waals surface area contributed by atoms with E-state index in [9.17, 15) is 9.18 Å². The van der Waals surface area contributed by atoms with Gasteiger partial charge in [-0.1, -0.05) is 13.8 Å². The summed E-state index contributed by atoms with van der Waals surface area (Å²) in [6.45, 7) is 11.1. The summed E-state index contributed by atoms with van der Waals surface area (Å²) >= 11 is 0. The molecule has 1 fully saturated rings. The lowest BCUT2D eigenvalue weighted by Crippen LogP contribution is -2.57. The SMILES string of the molecule is CC(C)c1cc(-c2ccc(F)cc2)nn2cc(C(=O)N3C[C@H](C)OCC3(C)C)nc12. The average Bonchev–Trinajstić information content (AvgIpc) is 3.13. The molecule has 1 aliphatic rings. The highest BCUT2D eigenvalue weighted by molar-refractivity contribution is 5.93. The molecule has 1 aromatic carbocycles. The van der Waals surface area contributed by atoms with Gasteiger partial charge >= 0.3 is 0 Å². The molecule has 1 atom stereocenters. The third-order valence-corrected chi connectivity index (χ3v) is 5.57. The summed E-state index contributed by atoms with van der Waals surface area (Å²) in [5, 5.41) is 4.65. The molecule has 3 heterocycles. The fourth-order valence-corrected chi connectivity index (χ4v) is 3.77. The zero-order valence-electron chi connectivity index (χ0n) is 18.0. The summed E-state index contributed by atoms with van der Waals surface area (Å²) < 4.78 is 20.7. The monoisotopic (exact) mass is 410 g/mol. The van der Waals surface area contributed by atoms with Crippen LogP contribution in [0.1, 0.15) is 56.6 Å². The topological polar surface area (TPSA) is 59.7 Å². The van der Waals surface area contributed by atoms with Gasteiger partial charge in [0, 0.05) is 17.7 Å². The smallest absolute Gasteiger partial charge is 0.274 e. The van der Waals surface area contributed by atoms with Crippen molar-refractivity contribution in [1.29, 1.82) is 0 Å². The zero-order valence-corrected chi connectivity index (χ0v) is 18.0. The van der Waals surface area contributed by atoms with Crippen LogP contribution in [0.15, 0.2) is 36.5 Å². The number of nitrogens with zero attached hydrogens (tertiary/aromatic N) is 4. The molecule has 0 saturated carbocycles. The Morgan fingerprint density at radius 3 is 2.63 bits per heavy atom. The normalized spacial score (nSPS) is 18.9. The van der Waals surface area contributed by atoms with E-state index in [-0.39, 0.29) is 23.7 Å². The van der Waals surface area contributed by atoms with E-state index in [1.165, 1.54) is 12.1 Å². The minimum absolute atomic E-state index is 0.0200. The van der Waals surface area contributed by atoms with Crippen LogP contribution >= 0.6 is 0 Å². The van der Waals surface area contributed by atoms with E-state index in [1.807, 2.05) is 31.7 Å². The molecule has 0 aliphatic carbocycles. The van der Waals surface area contributed by atoms with E-state index >= 15 is 0 Å². The maximum absolute atomic E-state index is 13.3. The lowest BCUT2D eigenvalue weighted by molar-refractivity contribution is -0.0757. The summed E-state index contributed by atoms with van der Waals surface area (Å²) in [6, 6.07) is 8.21. The highest BCUT2D eigenvalue weighted by atomic mass is 19.1. The maximum atomic E-state index is 13.3. The molecule has 0 spiro atoms. The number of imidazole rings is 1. The molecule has 30 heavy (non-hydrogen) atoms. The predicted molar refractivity (Wildman–Crippen MR) is 113 cm³/mol. The van der Waals surface area contributed by atoms with Crippen LogP contribution in [0.5, 0.6) is 0 Å². The van der Waals surface area contributed by atoms with Gasteiger partial charge in [0.2, 0.25) is 0 Å². The van der Waals surface area contributed by atoms with Gasteiger partial charge in [-0.15, -0.1) is 0 Å². The first-order valence-corrected chi connectivity index (χ1v) is 10.3. The summed E-state index contributed by atoms with van der Waals surface area (Å²) in [4.78, 5) is 19.8. The molecule has 1 aliphatic heterocycles. The minimum atomic E-state index is -0.410. The molecule has 1 saturated heterocycles. The van der Waals surface area contributed by atoms with Gasteiger partial charge < -0.3 is 9.64 Å². The Hall–Kier alpha value is -2.80. The van der Waals surface area contributed by atoms with Crippen molar-refractivity contribution in [3.05, 3.63) is 53.6 Å². The van der Waals surface area contributed by atoms with Gasteiger partial charge in [0.15, 0.2) is 5.65 Å². The zero-order chi connectivity index (χ0) is 21.6. The van der Waals surface area contributed by atoms with Gasteiger partial charge in [0.05, 0.1) is 30.1 Å². The van der Waals surface area contributed by atoms with Crippen molar-refractivity contribution in [2.75, 3.05) is 13.2 Å². The Kier molecular flexibility index (Phi) is 5.10. The number of halogens is 1. The van der Waals surface area contributed by atoms with Crippen LogP contribution in [-0.2, 0) is 4.74 Å².